The number of hydrogen-bond donors (Lipinski definition) is 4. The number of aliphatic hydroxyl groups excluding tert-OH is 2. The van der Waals surface area contributed by atoms with Crippen LogP contribution in [-0.4, -0.2) is 35.6 Å². The summed E-state index contributed by atoms with van der Waals surface area (Å²) in [5.41, 5.74) is 11.8. The third-order valence-electron chi connectivity index (χ3n) is 5.95. The second-order valence-corrected chi connectivity index (χ2v) is 8.00. The number of fused-ring (bicyclic) bond motifs is 3. The first-order valence-corrected chi connectivity index (χ1v) is 10.8. The molecule has 0 saturated carbocycles. The molecule has 3 aromatic carbocycles. The molecule has 0 radical (unpaired) electrons. The van der Waals surface area contributed by atoms with E-state index in [2.05, 4.69) is 29.6 Å². The number of carbonyl (C=O) groups excluding carboxylic acids is 1. The number of hydrogen-bond acceptors (Lipinski definition) is 5. The fourth-order valence-electron chi connectivity index (χ4n) is 4.26. The molecule has 0 heterocycles. The van der Waals surface area contributed by atoms with Crippen LogP contribution in [0.25, 0.3) is 11.1 Å². The van der Waals surface area contributed by atoms with E-state index < -0.39 is 18.3 Å². The van der Waals surface area contributed by atoms with Crippen LogP contribution in [0.4, 0.5) is 4.79 Å². The Kier molecular flexibility index (Phi) is 6.85. The molecule has 2 unspecified atom stereocenters. The lowest BCUT2D eigenvalue weighted by atomic mass is 9.98. The van der Waals surface area contributed by atoms with Crippen LogP contribution in [0.15, 0.2) is 72.8 Å². The Morgan fingerprint density at radius 3 is 2.28 bits per heavy atom. The molecule has 6 heteroatoms. The van der Waals surface area contributed by atoms with Gasteiger partial charge >= 0.3 is 6.09 Å². The zero-order chi connectivity index (χ0) is 22.5. The van der Waals surface area contributed by atoms with E-state index in [1.165, 1.54) is 11.1 Å². The number of amides is 1. The molecular formula is C26H28N2O4. The lowest BCUT2D eigenvalue weighted by Crippen LogP contribution is -2.30. The molecule has 4 rings (SSSR count). The highest BCUT2D eigenvalue weighted by atomic mass is 16.5. The highest BCUT2D eigenvalue weighted by Crippen LogP contribution is 2.44. The van der Waals surface area contributed by atoms with Gasteiger partial charge in [0.1, 0.15) is 12.7 Å². The van der Waals surface area contributed by atoms with Gasteiger partial charge in [0.25, 0.3) is 0 Å². The minimum absolute atomic E-state index is 0.00427. The van der Waals surface area contributed by atoms with Crippen molar-refractivity contribution in [3.63, 3.8) is 0 Å². The molecule has 2 atom stereocenters. The molecule has 1 amide bonds. The van der Waals surface area contributed by atoms with Crippen molar-refractivity contribution in [2.75, 3.05) is 13.2 Å². The third kappa shape index (κ3) is 4.67. The maximum Gasteiger partial charge on any atom is 0.407 e. The number of alkyl carbamates (subject to hydrolysis) is 1. The lowest BCUT2D eigenvalue weighted by molar-refractivity contribution is 0.0136. The number of ether oxygens (including phenoxy) is 1. The predicted octanol–water partition coefficient (Wildman–Crippen LogP) is 3.47. The lowest BCUT2D eigenvalue weighted by Gasteiger charge is -2.19. The van der Waals surface area contributed by atoms with Crippen molar-refractivity contribution in [3.05, 3.63) is 95.1 Å². The molecule has 32 heavy (non-hydrogen) atoms. The van der Waals surface area contributed by atoms with Gasteiger partial charge in [-0.15, -0.1) is 0 Å². The highest BCUT2D eigenvalue weighted by molar-refractivity contribution is 5.79. The van der Waals surface area contributed by atoms with Gasteiger partial charge in [-0.25, -0.2) is 4.79 Å². The van der Waals surface area contributed by atoms with Gasteiger partial charge in [-0.1, -0.05) is 72.8 Å². The summed E-state index contributed by atoms with van der Waals surface area (Å²) in [4.78, 5) is 12.2. The molecule has 1 aliphatic rings. The Morgan fingerprint density at radius 1 is 0.969 bits per heavy atom. The van der Waals surface area contributed by atoms with Gasteiger partial charge in [-0.05, 0) is 39.8 Å². The zero-order valence-electron chi connectivity index (χ0n) is 17.8. The Hall–Kier alpha value is -3.19. The summed E-state index contributed by atoms with van der Waals surface area (Å²) in [6, 6.07) is 23.5. The second kappa shape index (κ2) is 9.96. The molecule has 0 spiro atoms. The molecular weight excluding hydrogens is 404 g/mol. The van der Waals surface area contributed by atoms with E-state index in [0.29, 0.717) is 12.1 Å². The van der Waals surface area contributed by atoms with Gasteiger partial charge in [0.2, 0.25) is 0 Å². The van der Waals surface area contributed by atoms with Crippen LogP contribution in [0.2, 0.25) is 0 Å². The van der Waals surface area contributed by atoms with E-state index in [-0.39, 0.29) is 25.5 Å². The third-order valence-corrected chi connectivity index (χ3v) is 5.95. The first kappa shape index (κ1) is 22.0. The maximum absolute atomic E-state index is 12.2. The number of rotatable bonds is 8. The zero-order valence-corrected chi connectivity index (χ0v) is 17.8. The van der Waals surface area contributed by atoms with Gasteiger partial charge in [0.15, 0.2) is 0 Å². The summed E-state index contributed by atoms with van der Waals surface area (Å²) < 4.78 is 5.49. The number of nitrogens with one attached hydrogen (secondary N) is 1. The Morgan fingerprint density at radius 2 is 1.62 bits per heavy atom. The monoisotopic (exact) mass is 432 g/mol. The largest absolute Gasteiger partial charge is 0.449 e. The fourth-order valence-corrected chi connectivity index (χ4v) is 4.26. The molecule has 0 bridgehead atoms. The molecule has 166 valence electrons. The molecule has 6 nitrogen and oxygen atoms in total. The topological polar surface area (TPSA) is 105 Å². The molecule has 3 aromatic rings. The summed E-state index contributed by atoms with van der Waals surface area (Å²) >= 11 is 0. The SMILES string of the molecule is NCc1cccc(C(O)C(O)CCNC(=O)OCC2c3ccccc3-c3ccccc32)c1. The van der Waals surface area contributed by atoms with Crippen molar-refractivity contribution < 1.29 is 19.7 Å². The van der Waals surface area contributed by atoms with E-state index in [1.807, 2.05) is 30.3 Å². The van der Waals surface area contributed by atoms with Crippen molar-refractivity contribution in [2.24, 2.45) is 5.73 Å². The summed E-state index contributed by atoms with van der Waals surface area (Å²) in [5.74, 6) is -0.00427. The van der Waals surface area contributed by atoms with Crippen molar-refractivity contribution in [1.29, 1.82) is 0 Å². The summed E-state index contributed by atoms with van der Waals surface area (Å²) in [7, 11) is 0. The highest BCUT2D eigenvalue weighted by Gasteiger charge is 2.29. The number of benzene rings is 3. The molecule has 5 N–H and O–H groups in total. The first-order chi connectivity index (χ1) is 15.6. The van der Waals surface area contributed by atoms with E-state index in [0.717, 1.165) is 16.7 Å². The van der Waals surface area contributed by atoms with Crippen LogP contribution < -0.4 is 11.1 Å². The summed E-state index contributed by atoms with van der Waals surface area (Å²) in [6.45, 7) is 0.780. The van der Waals surface area contributed by atoms with E-state index >= 15 is 0 Å². The van der Waals surface area contributed by atoms with E-state index in [9.17, 15) is 15.0 Å². The Labute approximate surface area is 187 Å². The quantitative estimate of drug-likeness (QED) is 0.436. The molecule has 0 aromatic heterocycles. The Balaban J connectivity index is 1.28. The van der Waals surface area contributed by atoms with E-state index in [4.69, 9.17) is 10.5 Å². The predicted molar refractivity (Wildman–Crippen MR) is 123 cm³/mol. The molecule has 1 aliphatic carbocycles. The van der Waals surface area contributed by atoms with Crippen LogP contribution in [0, 0.1) is 0 Å². The normalized spacial score (nSPS) is 14.3. The van der Waals surface area contributed by atoms with Crippen LogP contribution in [0.3, 0.4) is 0 Å². The van der Waals surface area contributed by atoms with Crippen molar-refractivity contribution in [2.45, 2.75) is 31.1 Å². The van der Waals surface area contributed by atoms with Gasteiger partial charge < -0.3 is 26.0 Å². The minimum atomic E-state index is -1.05. The average molecular weight is 433 g/mol. The summed E-state index contributed by atoms with van der Waals surface area (Å²) in [5, 5.41) is 23.3. The van der Waals surface area contributed by atoms with Gasteiger partial charge in [0.05, 0.1) is 6.10 Å². The fraction of sp³-hybridized carbons (Fsp3) is 0.269. The van der Waals surface area contributed by atoms with Crippen molar-refractivity contribution in [3.8, 4) is 11.1 Å². The van der Waals surface area contributed by atoms with Crippen LogP contribution in [0.1, 0.15) is 40.7 Å². The molecule has 0 aliphatic heterocycles. The number of nitrogens with two attached hydrogens (primary N) is 1. The second-order valence-electron chi connectivity index (χ2n) is 8.00. The number of carbonyl (C=O) groups is 1. The molecule has 0 saturated heterocycles. The average Bonchev–Trinajstić information content (AvgIpc) is 3.16. The minimum Gasteiger partial charge on any atom is -0.449 e. The van der Waals surface area contributed by atoms with Crippen LogP contribution in [0.5, 0.6) is 0 Å². The van der Waals surface area contributed by atoms with E-state index in [1.54, 1.807) is 18.2 Å². The van der Waals surface area contributed by atoms with Crippen molar-refractivity contribution >= 4 is 6.09 Å². The molecule has 0 fully saturated rings. The van der Waals surface area contributed by atoms with Crippen molar-refractivity contribution in [1.82, 2.24) is 5.32 Å². The van der Waals surface area contributed by atoms with Gasteiger partial charge in [-0.3, -0.25) is 0 Å². The number of aliphatic hydroxyl groups is 2. The Bertz CT molecular complexity index is 1040. The summed E-state index contributed by atoms with van der Waals surface area (Å²) in [6.07, 6.45) is -2.42. The van der Waals surface area contributed by atoms with Crippen LogP contribution in [-0.2, 0) is 11.3 Å². The van der Waals surface area contributed by atoms with Gasteiger partial charge in [0, 0.05) is 19.0 Å². The maximum atomic E-state index is 12.2. The standard InChI is InChI=1S/C26H28N2O4/c27-15-17-6-5-7-18(14-17)25(30)24(29)12-13-28-26(31)32-16-23-21-10-3-1-8-19(21)20-9-2-4-11-22(20)23/h1-11,14,23-25,29-30H,12-13,15-16,27H2,(H,28,31). The van der Waals surface area contributed by atoms with Crippen LogP contribution >= 0.6 is 0 Å². The van der Waals surface area contributed by atoms with Gasteiger partial charge in [-0.2, -0.15) is 0 Å². The smallest absolute Gasteiger partial charge is 0.407 e. The first-order valence-electron chi connectivity index (χ1n) is 10.8.